The number of nitro groups is 1. The standard InChI is InChI=1S/C27H26N4O5/c1-18(2)20-7-9-23(10-8-20)35-17-30-12-11-26(29-30)27(32)28-21-14-22(31(33)34)16-25(15-21)36-24-6-4-5-19(3)13-24/h4-16,18H,17H2,1-3H3,(H,28,32). The third-order valence-corrected chi connectivity index (χ3v) is 5.37. The smallest absolute Gasteiger partial charge is 0.276 e. The summed E-state index contributed by atoms with van der Waals surface area (Å²) in [7, 11) is 0. The SMILES string of the molecule is Cc1cccc(Oc2cc(NC(=O)c3ccn(COc4ccc(C(C)C)cc4)n3)cc([N+](=O)[O-])c2)c1. The average molecular weight is 487 g/mol. The number of non-ortho nitro benzene ring substituents is 1. The molecule has 0 atom stereocenters. The van der Waals surface area contributed by atoms with E-state index in [1.54, 1.807) is 18.3 Å². The zero-order valence-corrected chi connectivity index (χ0v) is 20.2. The Bertz CT molecular complexity index is 1380. The van der Waals surface area contributed by atoms with E-state index in [4.69, 9.17) is 9.47 Å². The molecule has 0 saturated heterocycles. The van der Waals surface area contributed by atoms with Crippen LogP contribution in [0.5, 0.6) is 17.2 Å². The van der Waals surface area contributed by atoms with Crippen molar-refractivity contribution in [1.29, 1.82) is 0 Å². The summed E-state index contributed by atoms with van der Waals surface area (Å²) < 4.78 is 13.0. The summed E-state index contributed by atoms with van der Waals surface area (Å²) in [5.74, 6) is 1.37. The summed E-state index contributed by atoms with van der Waals surface area (Å²) >= 11 is 0. The second kappa shape index (κ2) is 10.7. The summed E-state index contributed by atoms with van der Waals surface area (Å²) in [5, 5.41) is 18.3. The fourth-order valence-corrected chi connectivity index (χ4v) is 3.47. The van der Waals surface area contributed by atoms with Gasteiger partial charge in [0.1, 0.15) is 17.2 Å². The Balaban J connectivity index is 1.43. The molecule has 9 nitrogen and oxygen atoms in total. The number of nitrogens with one attached hydrogen (secondary N) is 1. The van der Waals surface area contributed by atoms with Crippen molar-refractivity contribution >= 4 is 17.3 Å². The van der Waals surface area contributed by atoms with Gasteiger partial charge in [-0.3, -0.25) is 14.9 Å². The van der Waals surface area contributed by atoms with Gasteiger partial charge in [-0.15, -0.1) is 0 Å². The minimum Gasteiger partial charge on any atom is -0.471 e. The summed E-state index contributed by atoms with van der Waals surface area (Å²) in [5.41, 5.74) is 2.35. The highest BCUT2D eigenvalue weighted by Crippen LogP contribution is 2.30. The lowest BCUT2D eigenvalue weighted by atomic mass is 10.0. The fourth-order valence-electron chi connectivity index (χ4n) is 3.47. The van der Waals surface area contributed by atoms with Crippen LogP contribution >= 0.6 is 0 Å². The molecule has 184 valence electrons. The van der Waals surface area contributed by atoms with E-state index >= 15 is 0 Å². The van der Waals surface area contributed by atoms with Crippen molar-refractivity contribution in [3.8, 4) is 17.2 Å². The van der Waals surface area contributed by atoms with E-state index in [1.807, 2.05) is 49.4 Å². The predicted octanol–water partition coefficient (Wildman–Crippen LogP) is 6.30. The molecule has 1 N–H and O–H groups in total. The maximum atomic E-state index is 12.8. The Morgan fingerprint density at radius 3 is 2.50 bits per heavy atom. The van der Waals surface area contributed by atoms with Gasteiger partial charge in [0.15, 0.2) is 12.4 Å². The number of aromatic nitrogens is 2. The molecule has 4 aromatic rings. The number of ether oxygens (including phenoxy) is 2. The number of hydrogen-bond donors (Lipinski definition) is 1. The Morgan fingerprint density at radius 2 is 1.81 bits per heavy atom. The van der Waals surface area contributed by atoms with Gasteiger partial charge >= 0.3 is 0 Å². The molecule has 0 fully saturated rings. The molecular formula is C27H26N4O5. The number of benzene rings is 3. The van der Waals surface area contributed by atoms with E-state index in [2.05, 4.69) is 24.3 Å². The first-order valence-corrected chi connectivity index (χ1v) is 11.4. The van der Waals surface area contributed by atoms with Crippen LogP contribution in [0.25, 0.3) is 0 Å². The Hall–Kier alpha value is -4.66. The third-order valence-electron chi connectivity index (χ3n) is 5.37. The molecule has 0 unspecified atom stereocenters. The molecule has 3 aromatic carbocycles. The molecule has 36 heavy (non-hydrogen) atoms. The second-order valence-electron chi connectivity index (χ2n) is 8.58. The number of carbonyl (C=O) groups excluding carboxylic acids is 1. The van der Waals surface area contributed by atoms with E-state index < -0.39 is 10.8 Å². The number of hydrogen-bond acceptors (Lipinski definition) is 6. The minimum absolute atomic E-state index is 0.125. The normalized spacial score (nSPS) is 10.8. The van der Waals surface area contributed by atoms with Gasteiger partial charge in [-0.1, -0.05) is 38.1 Å². The van der Waals surface area contributed by atoms with E-state index in [1.165, 1.54) is 28.4 Å². The van der Waals surface area contributed by atoms with E-state index in [-0.39, 0.29) is 29.5 Å². The van der Waals surface area contributed by atoms with Crippen LogP contribution in [0.1, 0.15) is 41.4 Å². The Labute approximate surface area is 208 Å². The highest BCUT2D eigenvalue weighted by Gasteiger charge is 2.16. The zero-order chi connectivity index (χ0) is 25.7. The molecule has 0 bridgehead atoms. The number of rotatable bonds is 9. The summed E-state index contributed by atoms with van der Waals surface area (Å²) in [6.45, 7) is 6.29. The number of nitro benzene ring substituents is 1. The Morgan fingerprint density at radius 1 is 1.03 bits per heavy atom. The first kappa shape index (κ1) is 24.5. The van der Waals surface area contributed by atoms with Crippen molar-refractivity contribution in [2.45, 2.75) is 33.4 Å². The van der Waals surface area contributed by atoms with Crippen LogP contribution in [0, 0.1) is 17.0 Å². The van der Waals surface area contributed by atoms with Crippen LogP contribution in [0.2, 0.25) is 0 Å². The van der Waals surface area contributed by atoms with Gasteiger partial charge < -0.3 is 14.8 Å². The lowest BCUT2D eigenvalue weighted by molar-refractivity contribution is -0.384. The largest absolute Gasteiger partial charge is 0.471 e. The molecule has 0 aliphatic heterocycles. The molecule has 0 spiro atoms. The number of nitrogens with zero attached hydrogens (tertiary/aromatic N) is 3. The van der Waals surface area contributed by atoms with E-state index in [0.717, 1.165) is 5.56 Å². The second-order valence-corrected chi connectivity index (χ2v) is 8.58. The zero-order valence-electron chi connectivity index (χ0n) is 20.2. The van der Waals surface area contributed by atoms with Gasteiger partial charge in [0.2, 0.25) is 0 Å². The van der Waals surface area contributed by atoms with Crippen LogP contribution in [0.15, 0.2) is 79.0 Å². The van der Waals surface area contributed by atoms with Crippen molar-refractivity contribution in [3.63, 3.8) is 0 Å². The van der Waals surface area contributed by atoms with Crippen LogP contribution in [0.3, 0.4) is 0 Å². The lowest BCUT2D eigenvalue weighted by Crippen LogP contribution is -2.14. The number of anilines is 1. The fraction of sp³-hybridized carbons (Fsp3) is 0.185. The molecule has 4 rings (SSSR count). The first-order chi connectivity index (χ1) is 17.3. The van der Waals surface area contributed by atoms with Gasteiger partial charge in [-0.25, -0.2) is 4.68 Å². The highest BCUT2D eigenvalue weighted by atomic mass is 16.6. The predicted molar refractivity (Wildman–Crippen MR) is 136 cm³/mol. The molecule has 1 amide bonds. The van der Waals surface area contributed by atoms with E-state index in [0.29, 0.717) is 17.4 Å². The summed E-state index contributed by atoms with van der Waals surface area (Å²) in [6, 6.07) is 20.7. The molecule has 0 saturated carbocycles. The molecule has 1 aromatic heterocycles. The van der Waals surface area contributed by atoms with Crippen LogP contribution in [0.4, 0.5) is 11.4 Å². The molecule has 0 aliphatic rings. The van der Waals surface area contributed by atoms with E-state index in [9.17, 15) is 14.9 Å². The average Bonchev–Trinajstić information content (AvgIpc) is 3.32. The van der Waals surface area contributed by atoms with Crippen molar-refractivity contribution in [1.82, 2.24) is 9.78 Å². The van der Waals surface area contributed by atoms with Crippen molar-refractivity contribution < 1.29 is 19.2 Å². The van der Waals surface area contributed by atoms with Gasteiger partial charge in [-0.2, -0.15) is 5.10 Å². The maximum Gasteiger partial charge on any atom is 0.276 e. The quantitative estimate of drug-likeness (QED) is 0.220. The molecule has 0 aliphatic carbocycles. The number of aryl methyl sites for hydroxylation is 1. The van der Waals surface area contributed by atoms with Crippen molar-refractivity contribution in [2.24, 2.45) is 0 Å². The highest BCUT2D eigenvalue weighted by molar-refractivity contribution is 6.03. The minimum atomic E-state index is -0.543. The molecular weight excluding hydrogens is 460 g/mol. The molecule has 9 heteroatoms. The van der Waals surface area contributed by atoms with Gasteiger partial charge in [-0.05, 0) is 54.3 Å². The maximum absolute atomic E-state index is 12.8. The van der Waals surface area contributed by atoms with Gasteiger partial charge in [0, 0.05) is 18.3 Å². The van der Waals surface area contributed by atoms with Crippen molar-refractivity contribution in [2.75, 3.05) is 5.32 Å². The van der Waals surface area contributed by atoms with Gasteiger partial charge in [0.05, 0.1) is 16.7 Å². The van der Waals surface area contributed by atoms with Crippen LogP contribution < -0.4 is 14.8 Å². The Kier molecular flexibility index (Phi) is 7.29. The van der Waals surface area contributed by atoms with Gasteiger partial charge in [0.25, 0.3) is 11.6 Å². The van der Waals surface area contributed by atoms with Crippen molar-refractivity contribution in [3.05, 3.63) is 106 Å². The third kappa shape index (κ3) is 6.26. The summed E-state index contributed by atoms with van der Waals surface area (Å²) in [4.78, 5) is 23.6. The number of amides is 1. The van der Waals surface area contributed by atoms with Crippen LogP contribution in [-0.2, 0) is 6.73 Å². The molecule has 0 radical (unpaired) electrons. The number of carbonyl (C=O) groups is 1. The topological polar surface area (TPSA) is 109 Å². The summed E-state index contributed by atoms with van der Waals surface area (Å²) in [6.07, 6.45) is 1.62. The first-order valence-electron chi connectivity index (χ1n) is 11.4. The molecule has 1 heterocycles. The van der Waals surface area contributed by atoms with Crippen LogP contribution in [-0.4, -0.2) is 20.6 Å². The lowest BCUT2D eigenvalue weighted by Gasteiger charge is -2.10. The monoisotopic (exact) mass is 486 g/mol.